The van der Waals surface area contributed by atoms with Crippen LogP contribution in [0.3, 0.4) is 0 Å². The normalized spacial score (nSPS) is 10.4. The van der Waals surface area contributed by atoms with Crippen molar-refractivity contribution < 1.29 is 19.0 Å². The number of nitrogens with two attached hydrogens (primary N) is 1. The van der Waals surface area contributed by atoms with Crippen molar-refractivity contribution in [1.82, 2.24) is 0 Å². The fourth-order valence-electron chi connectivity index (χ4n) is 2.90. The summed E-state index contributed by atoms with van der Waals surface area (Å²) in [5.41, 5.74) is 8.90. The second kappa shape index (κ2) is 8.38. The number of methoxy groups -OCH3 is 2. The number of ether oxygens (including phenoxy) is 3. The van der Waals surface area contributed by atoms with Crippen LogP contribution in [0.4, 0.5) is 5.69 Å². The van der Waals surface area contributed by atoms with E-state index in [0.29, 0.717) is 39.4 Å². The highest BCUT2D eigenvalue weighted by atomic mass is 16.7. The molecule has 0 radical (unpaired) electrons. The Morgan fingerprint density at radius 2 is 1.67 bits per heavy atom. The summed E-state index contributed by atoms with van der Waals surface area (Å²) in [6, 6.07) is 19.8. The summed E-state index contributed by atoms with van der Waals surface area (Å²) >= 11 is 0. The van der Waals surface area contributed by atoms with Gasteiger partial charge in [0.15, 0.2) is 12.6 Å². The van der Waals surface area contributed by atoms with Gasteiger partial charge in [-0.1, -0.05) is 42.5 Å². The Morgan fingerprint density at radius 3 is 2.37 bits per heavy atom. The predicted molar refractivity (Wildman–Crippen MR) is 105 cm³/mol. The van der Waals surface area contributed by atoms with E-state index in [4.69, 9.17) is 19.9 Å². The molecule has 0 aliphatic heterocycles. The molecule has 0 aliphatic rings. The van der Waals surface area contributed by atoms with Crippen LogP contribution in [0.25, 0.3) is 11.1 Å². The van der Waals surface area contributed by atoms with Crippen LogP contribution in [0.2, 0.25) is 0 Å². The number of hydrogen-bond donors (Lipinski definition) is 1. The lowest BCUT2D eigenvalue weighted by molar-refractivity contribution is 0.0514. The van der Waals surface area contributed by atoms with Crippen LogP contribution in [0.15, 0.2) is 66.7 Å². The maximum atomic E-state index is 13.2. The molecule has 138 valence electrons. The zero-order valence-corrected chi connectivity index (χ0v) is 15.3. The molecule has 27 heavy (non-hydrogen) atoms. The fourth-order valence-corrected chi connectivity index (χ4v) is 2.90. The largest absolute Gasteiger partial charge is 0.496 e. The lowest BCUT2D eigenvalue weighted by Crippen LogP contribution is -2.07. The lowest BCUT2D eigenvalue weighted by atomic mass is 9.92. The van der Waals surface area contributed by atoms with Gasteiger partial charge in [0.05, 0.1) is 12.7 Å². The average molecular weight is 363 g/mol. The SMILES string of the molecule is COCOc1cccc(OC)c1-c1ccc(N)cc1C(=O)c1ccccc1. The first kappa shape index (κ1) is 18.5. The number of benzene rings is 3. The quantitative estimate of drug-likeness (QED) is 0.388. The van der Waals surface area contributed by atoms with E-state index in [1.165, 1.54) is 0 Å². The molecule has 0 aromatic heterocycles. The van der Waals surface area contributed by atoms with Gasteiger partial charge in [0, 0.05) is 29.5 Å². The van der Waals surface area contributed by atoms with Crippen LogP contribution < -0.4 is 15.2 Å². The minimum Gasteiger partial charge on any atom is -0.496 e. The summed E-state index contributed by atoms with van der Waals surface area (Å²) in [6.07, 6.45) is 0. The number of nitrogen functional groups attached to an aromatic ring is 1. The number of hydrogen-bond acceptors (Lipinski definition) is 5. The molecule has 3 rings (SSSR count). The van der Waals surface area contributed by atoms with Crippen LogP contribution in [-0.2, 0) is 4.74 Å². The van der Waals surface area contributed by atoms with Crippen molar-refractivity contribution in [3.05, 3.63) is 77.9 Å². The molecule has 0 saturated carbocycles. The Hall–Kier alpha value is -3.31. The van der Waals surface area contributed by atoms with Crippen LogP contribution in [0, 0.1) is 0 Å². The van der Waals surface area contributed by atoms with Crippen molar-refractivity contribution in [1.29, 1.82) is 0 Å². The molecule has 0 heterocycles. The van der Waals surface area contributed by atoms with Gasteiger partial charge in [-0.3, -0.25) is 4.79 Å². The fraction of sp³-hybridized carbons (Fsp3) is 0.136. The highest BCUT2D eigenvalue weighted by Crippen LogP contribution is 2.41. The minimum absolute atomic E-state index is 0.0805. The zero-order chi connectivity index (χ0) is 19.2. The van der Waals surface area contributed by atoms with E-state index in [0.717, 1.165) is 0 Å². The molecule has 0 aliphatic carbocycles. The van der Waals surface area contributed by atoms with E-state index in [9.17, 15) is 4.79 Å². The van der Waals surface area contributed by atoms with Gasteiger partial charge in [0.2, 0.25) is 0 Å². The zero-order valence-electron chi connectivity index (χ0n) is 15.3. The van der Waals surface area contributed by atoms with E-state index in [1.807, 2.05) is 42.5 Å². The first-order valence-corrected chi connectivity index (χ1v) is 8.44. The van der Waals surface area contributed by atoms with Gasteiger partial charge in [-0.05, 0) is 24.3 Å². The summed E-state index contributed by atoms with van der Waals surface area (Å²) < 4.78 is 16.3. The minimum atomic E-state index is -0.124. The second-order valence-electron chi connectivity index (χ2n) is 5.88. The molecular formula is C22H21NO4. The van der Waals surface area contributed by atoms with E-state index >= 15 is 0 Å². The topological polar surface area (TPSA) is 70.8 Å². The highest BCUT2D eigenvalue weighted by Gasteiger charge is 2.21. The lowest BCUT2D eigenvalue weighted by Gasteiger charge is -2.17. The Bertz CT molecular complexity index is 938. The second-order valence-corrected chi connectivity index (χ2v) is 5.88. The molecule has 5 heteroatoms. The van der Waals surface area contributed by atoms with Crippen LogP contribution in [0.5, 0.6) is 11.5 Å². The van der Waals surface area contributed by atoms with E-state index < -0.39 is 0 Å². The van der Waals surface area contributed by atoms with Crippen molar-refractivity contribution in [3.63, 3.8) is 0 Å². The number of ketones is 1. The van der Waals surface area contributed by atoms with Gasteiger partial charge in [-0.2, -0.15) is 0 Å². The van der Waals surface area contributed by atoms with Gasteiger partial charge in [-0.15, -0.1) is 0 Å². The third kappa shape index (κ3) is 3.93. The molecular weight excluding hydrogens is 342 g/mol. The smallest absolute Gasteiger partial charge is 0.193 e. The van der Waals surface area contributed by atoms with Crippen molar-refractivity contribution in [2.24, 2.45) is 0 Å². The molecule has 0 fully saturated rings. The van der Waals surface area contributed by atoms with Gasteiger partial charge in [0.1, 0.15) is 11.5 Å². The molecule has 0 bridgehead atoms. The summed E-state index contributed by atoms with van der Waals surface area (Å²) in [7, 11) is 3.13. The maximum Gasteiger partial charge on any atom is 0.193 e. The molecule has 0 unspecified atom stereocenters. The van der Waals surface area contributed by atoms with E-state index in [2.05, 4.69) is 0 Å². The van der Waals surface area contributed by atoms with E-state index in [-0.39, 0.29) is 12.6 Å². The predicted octanol–water partition coefficient (Wildman–Crippen LogP) is 4.16. The summed E-state index contributed by atoms with van der Waals surface area (Å²) in [5, 5.41) is 0. The molecule has 2 N–H and O–H groups in total. The Morgan fingerprint density at radius 1 is 0.926 bits per heavy atom. The molecule has 0 saturated heterocycles. The third-order valence-corrected chi connectivity index (χ3v) is 4.13. The molecule has 0 atom stereocenters. The third-order valence-electron chi connectivity index (χ3n) is 4.13. The molecule has 0 amide bonds. The van der Waals surface area contributed by atoms with Crippen molar-refractivity contribution in [2.75, 3.05) is 26.7 Å². The number of rotatable bonds is 7. The summed E-state index contributed by atoms with van der Waals surface area (Å²) in [6.45, 7) is 0.0805. The van der Waals surface area contributed by atoms with Crippen LogP contribution >= 0.6 is 0 Å². The first-order valence-electron chi connectivity index (χ1n) is 8.44. The van der Waals surface area contributed by atoms with Gasteiger partial charge < -0.3 is 19.9 Å². The van der Waals surface area contributed by atoms with Gasteiger partial charge in [0.25, 0.3) is 0 Å². The van der Waals surface area contributed by atoms with Crippen LogP contribution in [-0.4, -0.2) is 26.8 Å². The molecule has 3 aromatic rings. The van der Waals surface area contributed by atoms with Crippen molar-refractivity contribution >= 4 is 11.5 Å². The summed E-state index contributed by atoms with van der Waals surface area (Å²) in [4.78, 5) is 13.2. The molecule has 5 nitrogen and oxygen atoms in total. The van der Waals surface area contributed by atoms with Gasteiger partial charge >= 0.3 is 0 Å². The number of anilines is 1. The Labute approximate surface area is 158 Å². The van der Waals surface area contributed by atoms with Crippen molar-refractivity contribution in [2.45, 2.75) is 0 Å². The molecule has 3 aromatic carbocycles. The Balaban J connectivity index is 2.20. The maximum absolute atomic E-state index is 13.2. The average Bonchev–Trinajstić information content (AvgIpc) is 2.72. The van der Waals surface area contributed by atoms with E-state index in [1.54, 1.807) is 38.5 Å². The van der Waals surface area contributed by atoms with Crippen molar-refractivity contribution in [3.8, 4) is 22.6 Å². The first-order chi connectivity index (χ1) is 13.2. The van der Waals surface area contributed by atoms with Crippen LogP contribution in [0.1, 0.15) is 15.9 Å². The van der Waals surface area contributed by atoms with Gasteiger partial charge in [-0.25, -0.2) is 0 Å². The standard InChI is InChI=1S/C22H21NO4/c1-25-14-27-20-10-6-9-19(26-2)21(20)17-12-11-16(23)13-18(17)22(24)15-7-4-3-5-8-15/h3-13H,14,23H2,1-2H3. The number of carbonyl (C=O) groups is 1. The summed E-state index contributed by atoms with van der Waals surface area (Å²) in [5.74, 6) is 1.03. The molecule has 0 spiro atoms. The highest BCUT2D eigenvalue weighted by molar-refractivity contribution is 6.14. The monoisotopic (exact) mass is 363 g/mol. The Kier molecular flexibility index (Phi) is 5.74. The number of carbonyl (C=O) groups excluding carboxylic acids is 1.